The molecule has 0 saturated carbocycles. The molecule has 0 amide bonds. The van der Waals surface area contributed by atoms with Crippen molar-refractivity contribution in [2.45, 2.75) is 290 Å². The van der Waals surface area contributed by atoms with Crippen LogP contribution >= 0.6 is 0 Å². The van der Waals surface area contributed by atoms with Gasteiger partial charge in [0.25, 0.3) is 0 Å². The fraction of sp³-hybridized carbons (Fsp3) is 0.906. The minimum Gasteiger partial charge on any atom is -0.315 e. The summed E-state index contributed by atoms with van der Waals surface area (Å²) in [6.45, 7) is 22.7. The van der Waals surface area contributed by atoms with Crippen LogP contribution in [0, 0.1) is 0 Å². The van der Waals surface area contributed by atoms with Crippen LogP contribution in [0.5, 0.6) is 0 Å². The van der Waals surface area contributed by atoms with Crippen LogP contribution in [0.15, 0.2) is 36.5 Å². The van der Waals surface area contributed by atoms with Crippen molar-refractivity contribution in [1.29, 1.82) is 0 Å². The highest BCUT2D eigenvalue weighted by Gasteiger charge is 2.17. The number of allylic oxidation sites excluding steroid dienone is 6. The second-order valence-corrected chi connectivity index (χ2v) is 21.8. The number of nitrogens with zero attached hydrogens (tertiary/aromatic N) is 3. The van der Waals surface area contributed by atoms with Crippen molar-refractivity contribution >= 4 is 0 Å². The fourth-order valence-electron chi connectivity index (χ4n) is 10.2. The normalized spacial score (nSPS) is 14.1. The highest BCUT2D eigenvalue weighted by Crippen LogP contribution is 2.14. The molecule has 1 heterocycles. The van der Waals surface area contributed by atoms with Gasteiger partial charge >= 0.3 is 0 Å². The summed E-state index contributed by atoms with van der Waals surface area (Å²) in [7, 11) is 0. The van der Waals surface area contributed by atoms with E-state index >= 15 is 0 Å². The topological polar surface area (TPSA) is 33.8 Å². The summed E-state index contributed by atoms with van der Waals surface area (Å²) in [5, 5.41) is 7.61. The molecule has 5 heteroatoms. The van der Waals surface area contributed by atoms with Crippen molar-refractivity contribution in [1.82, 2.24) is 25.3 Å². The zero-order chi connectivity index (χ0) is 49.3. The Morgan fingerprint density at radius 3 is 0.928 bits per heavy atom. The lowest BCUT2D eigenvalue weighted by Gasteiger charge is -2.36. The summed E-state index contributed by atoms with van der Waals surface area (Å²) in [6, 6.07) is 0. The van der Waals surface area contributed by atoms with Crippen LogP contribution in [0.4, 0.5) is 0 Å². The van der Waals surface area contributed by atoms with Gasteiger partial charge in [-0.15, -0.1) is 0 Å². The first kappa shape index (κ1) is 66.0. The van der Waals surface area contributed by atoms with E-state index in [1.807, 2.05) is 0 Å². The molecule has 1 saturated heterocycles. The molecule has 0 atom stereocenters. The molecule has 1 rings (SSSR count). The number of nitrogens with one attached hydrogen (secondary N) is 2. The van der Waals surface area contributed by atoms with E-state index in [4.69, 9.17) is 0 Å². The lowest BCUT2D eigenvalue weighted by Crippen LogP contribution is -2.50. The third kappa shape index (κ3) is 51.7. The van der Waals surface area contributed by atoms with Gasteiger partial charge < -0.3 is 15.5 Å². The van der Waals surface area contributed by atoms with Crippen molar-refractivity contribution in [2.24, 2.45) is 0 Å². The summed E-state index contributed by atoms with van der Waals surface area (Å²) in [5.74, 6) is 0. The maximum atomic E-state index is 3.84. The van der Waals surface area contributed by atoms with E-state index in [-0.39, 0.29) is 0 Å². The minimum atomic E-state index is 1.15. The average Bonchev–Trinajstić information content (AvgIpc) is 3.36. The Balaban J connectivity index is 2.17. The Morgan fingerprint density at radius 2 is 0.565 bits per heavy atom. The quantitative estimate of drug-likeness (QED) is 0.0469. The molecule has 0 aliphatic carbocycles. The Morgan fingerprint density at radius 1 is 0.275 bits per heavy atom. The molecule has 69 heavy (non-hydrogen) atoms. The van der Waals surface area contributed by atoms with E-state index in [2.05, 4.69) is 82.6 Å². The SMILES string of the molecule is CCCCCCCC/C=C\CCCCCCCCNCCN(CCCCCCCC/C=C\CCCCCCCC)CCN1CCN(CCNCCCCCCCC/C=C\CCCCCCCC)CC1. The number of unbranched alkanes of at least 4 members (excludes halogenated alkanes) is 36. The molecule has 0 aromatic carbocycles. The Labute approximate surface area is 435 Å². The molecule has 0 aromatic heterocycles. The Hall–Kier alpha value is -0.980. The number of piperazine rings is 1. The summed E-state index contributed by atoms with van der Waals surface area (Å²) in [4.78, 5) is 8.26. The summed E-state index contributed by atoms with van der Waals surface area (Å²) in [5.41, 5.74) is 0. The zero-order valence-electron chi connectivity index (χ0n) is 47.7. The fourth-order valence-corrected chi connectivity index (χ4v) is 10.2. The second kappa shape index (κ2) is 57.9. The van der Waals surface area contributed by atoms with E-state index < -0.39 is 0 Å². The predicted molar refractivity (Wildman–Crippen MR) is 313 cm³/mol. The molecular weight excluding hydrogens is 839 g/mol. The van der Waals surface area contributed by atoms with Gasteiger partial charge in [-0.25, -0.2) is 0 Å². The molecule has 0 aromatic rings. The van der Waals surface area contributed by atoms with Gasteiger partial charge in [0.2, 0.25) is 0 Å². The maximum Gasteiger partial charge on any atom is 0.0110 e. The third-order valence-corrected chi connectivity index (χ3v) is 15.1. The van der Waals surface area contributed by atoms with Gasteiger partial charge in [-0.1, -0.05) is 231 Å². The zero-order valence-corrected chi connectivity index (χ0v) is 47.7. The molecular formula is C64H127N5. The van der Waals surface area contributed by atoms with Crippen LogP contribution in [0.3, 0.4) is 0 Å². The van der Waals surface area contributed by atoms with E-state index in [1.165, 1.54) is 342 Å². The Kier molecular flexibility index (Phi) is 55.4. The van der Waals surface area contributed by atoms with Crippen LogP contribution in [0.25, 0.3) is 0 Å². The van der Waals surface area contributed by atoms with Gasteiger partial charge in [-0.3, -0.25) is 9.80 Å². The van der Waals surface area contributed by atoms with Gasteiger partial charge in [0, 0.05) is 65.4 Å². The predicted octanol–water partition coefficient (Wildman–Crippen LogP) is 18.2. The van der Waals surface area contributed by atoms with Gasteiger partial charge in [-0.05, 0) is 116 Å². The highest BCUT2D eigenvalue weighted by molar-refractivity contribution is 4.83. The summed E-state index contributed by atoms with van der Waals surface area (Å²) < 4.78 is 0. The largest absolute Gasteiger partial charge is 0.315 e. The molecule has 2 N–H and O–H groups in total. The monoisotopic (exact) mass is 966 g/mol. The standard InChI is InChI=1S/C64H127N5/c1-4-7-10-13-16-19-22-25-28-31-34-37-40-43-46-49-52-65-54-57-67(56-51-48-45-42-39-36-33-30-27-24-21-18-15-12-9-6-3)59-62-69-63-60-68(61-64-69)58-55-66-53-50-47-44-41-38-35-32-29-26-23-20-17-14-11-8-5-2/h25-30,65-66H,4-24,31-64H2,1-3H3/b28-25-,29-26-,30-27-. The Bertz CT molecular complexity index is 1030. The summed E-state index contributed by atoms with van der Waals surface area (Å²) >= 11 is 0. The first-order valence-electron chi connectivity index (χ1n) is 31.8. The van der Waals surface area contributed by atoms with Crippen molar-refractivity contribution in [2.75, 3.05) is 85.1 Å². The van der Waals surface area contributed by atoms with Crippen LogP contribution in [-0.4, -0.2) is 99.8 Å². The van der Waals surface area contributed by atoms with E-state index in [0.29, 0.717) is 0 Å². The first-order chi connectivity index (χ1) is 34.3. The molecule has 1 aliphatic heterocycles. The van der Waals surface area contributed by atoms with Crippen LogP contribution in [-0.2, 0) is 0 Å². The molecule has 5 nitrogen and oxygen atoms in total. The smallest absolute Gasteiger partial charge is 0.0110 e. The van der Waals surface area contributed by atoms with Crippen LogP contribution in [0.1, 0.15) is 290 Å². The van der Waals surface area contributed by atoms with Crippen molar-refractivity contribution < 1.29 is 0 Å². The van der Waals surface area contributed by atoms with Crippen molar-refractivity contribution in [3.63, 3.8) is 0 Å². The number of hydrogen-bond donors (Lipinski definition) is 2. The maximum absolute atomic E-state index is 3.84. The molecule has 0 radical (unpaired) electrons. The second-order valence-electron chi connectivity index (χ2n) is 21.8. The van der Waals surface area contributed by atoms with Crippen LogP contribution in [0.2, 0.25) is 0 Å². The van der Waals surface area contributed by atoms with Gasteiger partial charge in [0.1, 0.15) is 0 Å². The molecule has 0 bridgehead atoms. The van der Waals surface area contributed by atoms with Crippen molar-refractivity contribution in [3.05, 3.63) is 36.5 Å². The molecule has 0 unspecified atom stereocenters. The molecule has 1 fully saturated rings. The van der Waals surface area contributed by atoms with Gasteiger partial charge in [0.15, 0.2) is 0 Å². The van der Waals surface area contributed by atoms with Crippen molar-refractivity contribution in [3.8, 4) is 0 Å². The minimum absolute atomic E-state index is 1.15. The number of hydrogen-bond acceptors (Lipinski definition) is 5. The molecule has 0 spiro atoms. The number of rotatable bonds is 57. The lowest BCUT2D eigenvalue weighted by molar-refractivity contribution is 0.118. The molecule has 1 aliphatic rings. The van der Waals surface area contributed by atoms with E-state index in [0.717, 1.165) is 13.1 Å². The summed E-state index contributed by atoms with van der Waals surface area (Å²) in [6.07, 6.45) is 72.9. The first-order valence-corrected chi connectivity index (χ1v) is 31.8. The van der Waals surface area contributed by atoms with Gasteiger partial charge in [0.05, 0.1) is 0 Å². The van der Waals surface area contributed by atoms with Gasteiger partial charge in [-0.2, -0.15) is 0 Å². The van der Waals surface area contributed by atoms with Crippen LogP contribution < -0.4 is 10.6 Å². The average molecular weight is 967 g/mol. The molecule has 408 valence electrons. The van der Waals surface area contributed by atoms with E-state index in [1.54, 1.807) is 0 Å². The van der Waals surface area contributed by atoms with E-state index in [9.17, 15) is 0 Å². The third-order valence-electron chi connectivity index (χ3n) is 15.1. The lowest BCUT2D eigenvalue weighted by atomic mass is 10.1. The highest BCUT2D eigenvalue weighted by atomic mass is 15.3.